The fourth-order valence-corrected chi connectivity index (χ4v) is 1.87. The summed E-state index contributed by atoms with van der Waals surface area (Å²) >= 11 is 0. The van der Waals surface area contributed by atoms with E-state index in [0.717, 1.165) is 11.4 Å². The molecule has 0 saturated carbocycles. The van der Waals surface area contributed by atoms with Crippen LogP contribution in [0.1, 0.15) is 12.5 Å². The van der Waals surface area contributed by atoms with Crippen molar-refractivity contribution in [2.24, 2.45) is 0 Å². The van der Waals surface area contributed by atoms with Crippen molar-refractivity contribution in [3.8, 4) is 5.75 Å². The number of anilines is 1. The highest BCUT2D eigenvalue weighted by molar-refractivity contribution is 5.49. The fourth-order valence-electron chi connectivity index (χ4n) is 1.87. The third kappa shape index (κ3) is 3.47. The molecule has 0 heterocycles. The Kier molecular flexibility index (Phi) is 4.55. The summed E-state index contributed by atoms with van der Waals surface area (Å²) in [6.45, 7) is 2.97. The van der Waals surface area contributed by atoms with Gasteiger partial charge in [0.25, 0.3) is 5.69 Å². The fraction of sp³-hybridized carbons (Fsp3) is 0.200. The second-order valence-electron chi connectivity index (χ2n) is 4.20. The molecule has 0 aliphatic carbocycles. The van der Waals surface area contributed by atoms with Gasteiger partial charge in [0.15, 0.2) is 0 Å². The molecule has 0 atom stereocenters. The van der Waals surface area contributed by atoms with Gasteiger partial charge in [0.1, 0.15) is 5.75 Å². The first-order valence-corrected chi connectivity index (χ1v) is 6.39. The van der Waals surface area contributed by atoms with Gasteiger partial charge in [0, 0.05) is 23.9 Å². The second-order valence-corrected chi connectivity index (χ2v) is 4.20. The van der Waals surface area contributed by atoms with Crippen molar-refractivity contribution in [2.75, 3.05) is 11.9 Å². The van der Waals surface area contributed by atoms with Crippen LogP contribution in [-0.4, -0.2) is 11.5 Å². The van der Waals surface area contributed by atoms with Crippen molar-refractivity contribution in [2.45, 2.75) is 13.5 Å². The Balaban J connectivity index is 2.03. The third-order valence-electron chi connectivity index (χ3n) is 2.84. The molecule has 20 heavy (non-hydrogen) atoms. The predicted octanol–water partition coefficient (Wildman–Crippen LogP) is 3.61. The quantitative estimate of drug-likeness (QED) is 0.644. The molecular weight excluding hydrogens is 256 g/mol. The molecule has 0 aliphatic heterocycles. The lowest BCUT2D eigenvalue weighted by molar-refractivity contribution is -0.385. The highest BCUT2D eigenvalue weighted by atomic mass is 16.6. The van der Waals surface area contributed by atoms with Crippen LogP contribution in [-0.2, 0) is 6.54 Å². The minimum atomic E-state index is -0.366. The molecule has 0 aromatic heterocycles. The molecule has 5 nitrogen and oxygen atoms in total. The molecule has 0 amide bonds. The highest BCUT2D eigenvalue weighted by Gasteiger charge is 2.11. The summed E-state index contributed by atoms with van der Waals surface area (Å²) in [4.78, 5) is 10.5. The van der Waals surface area contributed by atoms with Gasteiger partial charge >= 0.3 is 0 Å². The van der Waals surface area contributed by atoms with Crippen LogP contribution in [0.3, 0.4) is 0 Å². The Hall–Kier alpha value is -2.56. The molecule has 0 radical (unpaired) electrons. The van der Waals surface area contributed by atoms with E-state index >= 15 is 0 Å². The van der Waals surface area contributed by atoms with Gasteiger partial charge in [-0.25, -0.2) is 0 Å². The van der Waals surface area contributed by atoms with Gasteiger partial charge in [-0.05, 0) is 31.2 Å². The van der Waals surface area contributed by atoms with E-state index in [2.05, 4.69) is 5.32 Å². The maximum absolute atomic E-state index is 10.9. The van der Waals surface area contributed by atoms with Crippen LogP contribution in [0.25, 0.3) is 0 Å². The topological polar surface area (TPSA) is 64.4 Å². The number of nitrogens with zero attached hydrogens (tertiary/aromatic N) is 1. The average molecular weight is 272 g/mol. The Bertz CT molecular complexity index is 582. The van der Waals surface area contributed by atoms with Crippen LogP contribution in [0.2, 0.25) is 0 Å². The van der Waals surface area contributed by atoms with Crippen molar-refractivity contribution >= 4 is 11.4 Å². The summed E-state index contributed by atoms with van der Waals surface area (Å²) in [6.07, 6.45) is 0. The van der Waals surface area contributed by atoms with Crippen LogP contribution in [0.5, 0.6) is 5.75 Å². The second kappa shape index (κ2) is 6.56. The summed E-state index contributed by atoms with van der Waals surface area (Å²) in [7, 11) is 0. The number of hydrogen-bond donors (Lipinski definition) is 1. The number of nitro groups is 1. The lowest BCUT2D eigenvalue weighted by Gasteiger charge is -2.08. The zero-order valence-electron chi connectivity index (χ0n) is 11.2. The molecule has 0 spiro atoms. The monoisotopic (exact) mass is 272 g/mol. The minimum absolute atomic E-state index is 0.130. The molecule has 2 aromatic carbocycles. The first-order valence-electron chi connectivity index (χ1n) is 6.39. The molecule has 0 aliphatic rings. The summed E-state index contributed by atoms with van der Waals surface area (Å²) in [6, 6.07) is 14.2. The van der Waals surface area contributed by atoms with E-state index < -0.39 is 0 Å². The lowest BCUT2D eigenvalue weighted by atomic mass is 10.2. The average Bonchev–Trinajstić information content (AvgIpc) is 2.47. The standard InChI is InChI=1S/C15H16N2O3/c1-2-20-14-9-7-13(8-10-14)16-11-12-5-3-4-6-15(12)17(18)19/h3-10,16H,2,11H2,1H3. The number of hydrogen-bond acceptors (Lipinski definition) is 4. The van der Waals surface area contributed by atoms with Crippen molar-refractivity contribution in [1.29, 1.82) is 0 Å². The molecule has 0 fully saturated rings. The van der Waals surface area contributed by atoms with Gasteiger partial charge in [-0.2, -0.15) is 0 Å². The number of nitro benzene ring substituents is 1. The Morgan fingerprint density at radius 2 is 1.85 bits per heavy atom. The molecule has 1 N–H and O–H groups in total. The summed E-state index contributed by atoms with van der Waals surface area (Å²) in [5.74, 6) is 0.809. The van der Waals surface area contributed by atoms with Crippen LogP contribution in [0.4, 0.5) is 11.4 Å². The van der Waals surface area contributed by atoms with E-state index in [1.54, 1.807) is 18.2 Å². The summed E-state index contributed by atoms with van der Waals surface area (Å²) in [5, 5.41) is 14.1. The van der Waals surface area contributed by atoms with E-state index in [1.165, 1.54) is 6.07 Å². The van der Waals surface area contributed by atoms with E-state index in [1.807, 2.05) is 31.2 Å². The highest BCUT2D eigenvalue weighted by Crippen LogP contribution is 2.20. The van der Waals surface area contributed by atoms with Gasteiger partial charge < -0.3 is 10.1 Å². The van der Waals surface area contributed by atoms with Crippen LogP contribution < -0.4 is 10.1 Å². The normalized spacial score (nSPS) is 10.1. The van der Waals surface area contributed by atoms with E-state index in [0.29, 0.717) is 18.7 Å². The molecule has 2 aromatic rings. The van der Waals surface area contributed by atoms with Gasteiger partial charge in [0.05, 0.1) is 11.5 Å². The van der Waals surface area contributed by atoms with Gasteiger partial charge in [-0.15, -0.1) is 0 Å². The molecular formula is C15H16N2O3. The number of rotatable bonds is 6. The predicted molar refractivity (Wildman–Crippen MR) is 78.0 cm³/mol. The number of benzene rings is 2. The zero-order chi connectivity index (χ0) is 14.4. The first kappa shape index (κ1) is 13.9. The van der Waals surface area contributed by atoms with Crippen LogP contribution >= 0.6 is 0 Å². The maximum atomic E-state index is 10.9. The SMILES string of the molecule is CCOc1ccc(NCc2ccccc2[N+](=O)[O-])cc1. The van der Waals surface area contributed by atoms with E-state index in [4.69, 9.17) is 4.74 Å². The van der Waals surface area contributed by atoms with Gasteiger partial charge in [-0.3, -0.25) is 10.1 Å². The largest absolute Gasteiger partial charge is 0.494 e. The molecule has 5 heteroatoms. The Morgan fingerprint density at radius 1 is 1.15 bits per heavy atom. The van der Waals surface area contributed by atoms with Gasteiger partial charge in [-0.1, -0.05) is 18.2 Å². The summed E-state index contributed by atoms with van der Waals surface area (Å²) < 4.78 is 5.36. The van der Waals surface area contributed by atoms with E-state index in [9.17, 15) is 10.1 Å². The van der Waals surface area contributed by atoms with E-state index in [-0.39, 0.29) is 10.6 Å². The lowest BCUT2D eigenvalue weighted by Crippen LogP contribution is -2.03. The van der Waals surface area contributed by atoms with Gasteiger partial charge in [0.2, 0.25) is 0 Å². The van der Waals surface area contributed by atoms with Crippen LogP contribution in [0.15, 0.2) is 48.5 Å². The first-order chi connectivity index (χ1) is 9.70. The van der Waals surface area contributed by atoms with Crippen LogP contribution in [0, 0.1) is 10.1 Å². The van der Waals surface area contributed by atoms with Crippen molar-refractivity contribution in [3.63, 3.8) is 0 Å². The molecule has 104 valence electrons. The van der Waals surface area contributed by atoms with Crippen molar-refractivity contribution < 1.29 is 9.66 Å². The molecule has 0 bridgehead atoms. The Labute approximate surface area is 117 Å². The Morgan fingerprint density at radius 3 is 2.50 bits per heavy atom. The van der Waals surface area contributed by atoms with Crippen molar-refractivity contribution in [1.82, 2.24) is 0 Å². The van der Waals surface area contributed by atoms with Crippen molar-refractivity contribution in [3.05, 3.63) is 64.2 Å². The third-order valence-corrected chi connectivity index (χ3v) is 2.84. The number of ether oxygens (including phenoxy) is 1. The molecule has 0 unspecified atom stereocenters. The minimum Gasteiger partial charge on any atom is -0.494 e. The molecule has 0 saturated heterocycles. The number of para-hydroxylation sites is 1. The molecule has 2 rings (SSSR count). The summed E-state index contributed by atoms with van der Waals surface area (Å²) in [5.41, 5.74) is 1.68. The maximum Gasteiger partial charge on any atom is 0.274 e. The smallest absolute Gasteiger partial charge is 0.274 e. The zero-order valence-corrected chi connectivity index (χ0v) is 11.2. The number of nitrogens with one attached hydrogen (secondary N) is 1.